The number of benzene rings is 1. The highest BCUT2D eigenvalue weighted by molar-refractivity contribution is 5.96. The minimum absolute atomic E-state index is 0.0130. The lowest BCUT2D eigenvalue weighted by molar-refractivity contribution is 0.0684. The first-order valence-electron chi connectivity index (χ1n) is 11.3. The molecule has 0 atom stereocenters. The maximum Gasteiger partial charge on any atom is 0.258 e. The highest BCUT2D eigenvalue weighted by Crippen LogP contribution is 2.32. The number of H-pyrrole nitrogens is 1. The summed E-state index contributed by atoms with van der Waals surface area (Å²) in [6.07, 6.45) is 6.17. The standard InChI is InChI=1S/C25H32N4O2/c1-16(2)28(15-23-26-22-13-9-8-12-20(22)24(30)27-23)25(31)21-14-17(3)29(18(21)4)19-10-6-5-7-11-19/h8-9,12-14,16,19H,5-7,10-11,15H2,1-4H3,(H,26,27,30). The molecule has 1 aliphatic carbocycles. The van der Waals surface area contributed by atoms with E-state index in [0.717, 1.165) is 17.0 Å². The maximum absolute atomic E-state index is 13.6. The molecule has 2 aromatic heterocycles. The average molecular weight is 421 g/mol. The summed E-state index contributed by atoms with van der Waals surface area (Å²) in [5.41, 5.74) is 3.41. The summed E-state index contributed by atoms with van der Waals surface area (Å²) in [4.78, 5) is 35.3. The summed E-state index contributed by atoms with van der Waals surface area (Å²) >= 11 is 0. The van der Waals surface area contributed by atoms with Gasteiger partial charge in [0.15, 0.2) is 0 Å². The van der Waals surface area contributed by atoms with Crippen LogP contribution >= 0.6 is 0 Å². The van der Waals surface area contributed by atoms with E-state index in [2.05, 4.69) is 28.4 Å². The minimum Gasteiger partial charge on any atom is -0.345 e. The molecule has 1 aromatic carbocycles. The zero-order valence-electron chi connectivity index (χ0n) is 18.9. The van der Waals surface area contributed by atoms with Crippen LogP contribution in [0.1, 0.15) is 79.6 Å². The molecule has 0 radical (unpaired) electrons. The highest BCUT2D eigenvalue weighted by atomic mass is 16.2. The number of hydrogen-bond acceptors (Lipinski definition) is 3. The van der Waals surface area contributed by atoms with Crippen LogP contribution in [0.3, 0.4) is 0 Å². The molecule has 0 saturated heterocycles. The third kappa shape index (κ3) is 4.16. The fourth-order valence-electron chi connectivity index (χ4n) is 4.91. The van der Waals surface area contributed by atoms with Gasteiger partial charge >= 0.3 is 0 Å². The van der Waals surface area contributed by atoms with Gasteiger partial charge in [-0.2, -0.15) is 0 Å². The molecule has 2 heterocycles. The Labute approximate surface area is 183 Å². The van der Waals surface area contributed by atoms with Gasteiger partial charge in [-0.25, -0.2) is 4.98 Å². The summed E-state index contributed by atoms with van der Waals surface area (Å²) in [5, 5.41) is 0.560. The molecule has 1 aliphatic rings. The van der Waals surface area contributed by atoms with Crippen LogP contribution in [-0.4, -0.2) is 31.4 Å². The Morgan fingerprint density at radius 3 is 2.61 bits per heavy atom. The molecule has 0 aliphatic heterocycles. The van der Waals surface area contributed by atoms with Gasteiger partial charge in [0.05, 0.1) is 23.0 Å². The van der Waals surface area contributed by atoms with Crippen molar-refractivity contribution in [3.8, 4) is 0 Å². The molecule has 1 fully saturated rings. The van der Waals surface area contributed by atoms with E-state index in [1.54, 1.807) is 11.0 Å². The van der Waals surface area contributed by atoms with Gasteiger partial charge in [0.25, 0.3) is 11.5 Å². The number of aromatic amines is 1. The average Bonchev–Trinajstić information content (AvgIpc) is 3.06. The number of para-hydroxylation sites is 1. The van der Waals surface area contributed by atoms with E-state index in [1.807, 2.05) is 38.1 Å². The largest absolute Gasteiger partial charge is 0.345 e. The Morgan fingerprint density at radius 1 is 1.19 bits per heavy atom. The fourth-order valence-corrected chi connectivity index (χ4v) is 4.91. The molecule has 6 nitrogen and oxygen atoms in total. The lowest BCUT2D eigenvalue weighted by Gasteiger charge is -2.28. The van der Waals surface area contributed by atoms with Crippen molar-refractivity contribution < 1.29 is 4.79 Å². The van der Waals surface area contributed by atoms with Crippen molar-refractivity contribution in [1.82, 2.24) is 19.4 Å². The van der Waals surface area contributed by atoms with Crippen molar-refractivity contribution in [3.63, 3.8) is 0 Å². The van der Waals surface area contributed by atoms with Gasteiger partial charge < -0.3 is 14.5 Å². The molecular formula is C25H32N4O2. The van der Waals surface area contributed by atoms with Crippen LogP contribution < -0.4 is 5.56 Å². The second kappa shape index (κ2) is 8.69. The Kier molecular flexibility index (Phi) is 5.99. The van der Waals surface area contributed by atoms with Gasteiger partial charge in [0.2, 0.25) is 0 Å². The van der Waals surface area contributed by atoms with E-state index >= 15 is 0 Å². The van der Waals surface area contributed by atoms with Crippen molar-refractivity contribution in [2.24, 2.45) is 0 Å². The Bertz CT molecular complexity index is 1150. The topological polar surface area (TPSA) is 71.0 Å². The minimum atomic E-state index is -0.174. The molecule has 0 unspecified atom stereocenters. The second-order valence-electron chi connectivity index (χ2n) is 9.00. The van der Waals surface area contributed by atoms with E-state index in [-0.39, 0.29) is 24.1 Å². The van der Waals surface area contributed by atoms with Gasteiger partial charge in [-0.15, -0.1) is 0 Å². The SMILES string of the molecule is Cc1cc(C(=O)N(Cc2nc3ccccc3c(=O)[nH]2)C(C)C)c(C)n1C1CCCCC1. The molecule has 1 amide bonds. The van der Waals surface area contributed by atoms with Gasteiger partial charge in [0, 0.05) is 23.5 Å². The van der Waals surface area contributed by atoms with Crippen LogP contribution in [0.25, 0.3) is 10.9 Å². The molecule has 0 bridgehead atoms. The van der Waals surface area contributed by atoms with Gasteiger partial charge in [-0.05, 0) is 58.7 Å². The Balaban J connectivity index is 1.65. The third-order valence-electron chi connectivity index (χ3n) is 6.52. The molecule has 164 valence electrons. The summed E-state index contributed by atoms with van der Waals surface area (Å²) in [6.45, 7) is 8.42. The summed E-state index contributed by atoms with van der Waals surface area (Å²) in [7, 11) is 0. The van der Waals surface area contributed by atoms with Crippen LogP contribution in [-0.2, 0) is 6.54 Å². The molecule has 1 N–H and O–H groups in total. The fraction of sp³-hybridized carbons (Fsp3) is 0.480. The van der Waals surface area contributed by atoms with Crippen molar-refractivity contribution in [2.45, 2.75) is 78.4 Å². The van der Waals surface area contributed by atoms with Crippen molar-refractivity contribution in [1.29, 1.82) is 0 Å². The molecule has 31 heavy (non-hydrogen) atoms. The van der Waals surface area contributed by atoms with E-state index in [9.17, 15) is 9.59 Å². The van der Waals surface area contributed by atoms with Gasteiger partial charge in [-0.3, -0.25) is 9.59 Å². The zero-order valence-corrected chi connectivity index (χ0v) is 18.9. The van der Waals surface area contributed by atoms with Crippen molar-refractivity contribution in [2.75, 3.05) is 0 Å². The lowest BCUT2D eigenvalue weighted by Crippen LogP contribution is -2.37. The van der Waals surface area contributed by atoms with Crippen molar-refractivity contribution >= 4 is 16.8 Å². The highest BCUT2D eigenvalue weighted by Gasteiger charge is 2.27. The number of carbonyl (C=O) groups excluding carboxylic acids is 1. The number of rotatable bonds is 5. The van der Waals surface area contributed by atoms with E-state index in [1.165, 1.54) is 32.1 Å². The normalized spacial score (nSPS) is 15.0. The number of hydrogen-bond donors (Lipinski definition) is 1. The summed E-state index contributed by atoms with van der Waals surface area (Å²) in [6, 6.07) is 9.76. The number of aryl methyl sites for hydroxylation is 1. The number of fused-ring (bicyclic) bond motifs is 1. The van der Waals surface area contributed by atoms with Crippen LogP contribution in [0.2, 0.25) is 0 Å². The quantitative estimate of drug-likeness (QED) is 0.638. The number of nitrogens with zero attached hydrogens (tertiary/aromatic N) is 3. The van der Waals surface area contributed by atoms with Crippen LogP contribution in [0.5, 0.6) is 0 Å². The Morgan fingerprint density at radius 2 is 1.90 bits per heavy atom. The second-order valence-corrected chi connectivity index (χ2v) is 9.00. The number of amides is 1. The lowest BCUT2D eigenvalue weighted by atomic mass is 9.95. The smallest absolute Gasteiger partial charge is 0.258 e. The first kappa shape index (κ1) is 21.3. The van der Waals surface area contributed by atoms with Crippen LogP contribution in [0, 0.1) is 13.8 Å². The summed E-state index contributed by atoms with van der Waals surface area (Å²) < 4.78 is 2.36. The Hall–Kier alpha value is -2.89. The molecule has 3 aromatic rings. The third-order valence-corrected chi connectivity index (χ3v) is 6.52. The molecule has 1 saturated carbocycles. The first-order chi connectivity index (χ1) is 14.9. The predicted molar refractivity (Wildman–Crippen MR) is 123 cm³/mol. The molecule has 0 spiro atoms. The van der Waals surface area contributed by atoms with E-state index in [4.69, 9.17) is 0 Å². The predicted octanol–water partition coefficient (Wildman–Crippen LogP) is 4.90. The zero-order chi connectivity index (χ0) is 22.1. The first-order valence-corrected chi connectivity index (χ1v) is 11.3. The van der Waals surface area contributed by atoms with Crippen molar-refractivity contribution in [3.05, 3.63) is 63.5 Å². The van der Waals surface area contributed by atoms with Crippen LogP contribution in [0.15, 0.2) is 35.1 Å². The molecule has 6 heteroatoms. The van der Waals surface area contributed by atoms with E-state index in [0.29, 0.717) is 22.8 Å². The number of aromatic nitrogens is 3. The monoisotopic (exact) mass is 420 g/mol. The molecular weight excluding hydrogens is 388 g/mol. The van der Waals surface area contributed by atoms with Gasteiger partial charge in [0.1, 0.15) is 5.82 Å². The number of nitrogens with one attached hydrogen (secondary N) is 1. The molecule has 4 rings (SSSR count). The van der Waals surface area contributed by atoms with E-state index < -0.39 is 0 Å². The summed E-state index contributed by atoms with van der Waals surface area (Å²) in [5.74, 6) is 0.493. The maximum atomic E-state index is 13.6. The van der Waals surface area contributed by atoms with Crippen LogP contribution in [0.4, 0.5) is 0 Å². The van der Waals surface area contributed by atoms with Gasteiger partial charge in [-0.1, -0.05) is 31.4 Å². The number of carbonyl (C=O) groups is 1.